The molecule has 2 aliphatic rings. The molecule has 1 aliphatic carbocycles. The molecule has 1 aliphatic heterocycles. The molecule has 2 atom stereocenters. The van der Waals surface area contributed by atoms with Gasteiger partial charge in [-0.15, -0.1) is 0 Å². The lowest BCUT2D eigenvalue weighted by atomic mass is 9.92. The van der Waals surface area contributed by atoms with Gasteiger partial charge in [0.15, 0.2) is 0 Å². The highest BCUT2D eigenvalue weighted by Gasteiger charge is 2.48. The van der Waals surface area contributed by atoms with Gasteiger partial charge in [-0.05, 0) is 19.3 Å². The maximum absolute atomic E-state index is 11.2. The molecular weight excluding hydrogens is 190 g/mol. The van der Waals surface area contributed by atoms with Crippen LogP contribution in [-0.4, -0.2) is 16.4 Å². The minimum atomic E-state index is -0.0810. The van der Waals surface area contributed by atoms with Gasteiger partial charge in [-0.1, -0.05) is 28.0 Å². The lowest BCUT2D eigenvalue weighted by molar-refractivity contribution is -0.122. The number of hydrogen-bond donors (Lipinski definition) is 1. The Bertz CT molecular complexity index is 196. The normalized spacial score (nSPS) is 40.8. The number of carbonyl (C=O) groups excluding carboxylic acids is 1. The molecule has 4 heteroatoms. The summed E-state index contributed by atoms with van der Waals surface area (Å²) in [4.78, 5) is 11.2. The maximum Gasteiger partial charge on any atom is 0.221 e. The molecule has 12 heavy (non-hydrogen) atoms. The van der Waals surface area contributed by atoms with E-state index >= 15 is 0 Å². The van der Waals surface area contributed by atoms with Gasteiger partial charge in [0.05, 0.1) is 5.92 Å². The summed E-state index contributed by atoms with van der Waals surface area (Å²) in [6.07, 6.45) is 4.57. The first-order valence-electron chi connectivity index (χ1n) is 4.34. The standard InChI is InChI=1S/C8H13NOS2/c9-7(10)6-2-1-3-8(6)4-5-11-12-8/h6H,1-5H2,(H2,9,10). The highest BCUT2D eigenvalue weighted by molar-refractivity contribution is 8.77. The lowest BCUT2D eigenvalue weighted by Crippen LogP contribution is -2.36. The second-order valence-corrected chi connectivity index (χ2v) is 6.40. The van der Waals surface area contributed by atoms with Crippen molar-refractivity contribution in [3.63, 3.8) is 0 Å². The molecule has 0 aromatic rings. The predicted molar refractivity (Wildman–Crippen MR) is 53.9 cm³/mol. The molecule has 68 valence electrons. The topological polar surface area (TPSA) is 43.1 Å². The van der Waals surface area contributed by atoms with Gasteiger partial charge in [-0.2, -0.15) is 0 Å². The van der Waals surface area contributed by atoms with Crippen molar-refractivity contribution in [2.45, 2.75) is 30.4 Å². The molecule has 1 amide bonds. The van der Waals surface area contributed by atoms with E-state index < -0.39 is 0 Å². The largest absolute Gasteiger partial charge is 0.369 e. The fraction of sp³-hybridized carbons (Fsp3) is 0.875. The monoisotopic (exact) mass is 203 g/mol. The Morgan fingerprint density at radius 2 is 2.33 bits per heavy atom. The molecule has 2 N–H and O–H groups in total. The molecule has 1 saturated heterocycles. The van der Waals surface area contributed by atoms with E-state index in [1.165, 1.54) is 25.0 Å². The van der Waals surface area contributed by atoms with E-state index in [1.807, 2.05) is 21.6 Å². The third-order valence-corrected chi connectivity index (χ3v) is 6.27. The van der Waals surface area contributed by atoms with E-state index in [2.05, 4.69) is 0 Å². The Labute approximate surface area is 80.4 Å². The Morgan fingerprint density at radius 1 is 1.50 bits per heavy atom. The Morgan fingerprint density at radius 3 is 2.92 bits per heavy atom. The van der Waals surface area contributed by atoms with Crippen LogP contribution in [0.25, 0.3) is 0 Å². The van der Waals surface area contributed by atoms with Gasteiger partial charge >= 0.3 is 0 Å². The second kappa shape index (κ2) is 3.14. The van der Waals surface area contributed by atoms with Crippen LogP contribution >= 0.6 is 21.6 Å². The summed E-state index contributed by atoms with van der Waals surface area (Å²) >= 11 is 0. The summed E-state index contributed by atoms with van der Waals surface area (Å²) in [7, 11) is 3.80. The molecule has 2 fully saturated rings. The average molecular weight is 203 g/mol. The van der Waals surface area contributed by atoms with Crippen molar-refractivity contribution in [2.24, 2.45) is 11.7 Å². The van der Waals surface area contributed by atoms with Crippen LogP contribution in [0.1, 0.15) is 25.7 Å². The zero-order chi connectivity index (χ0) is 8.60. The Kier molecular flexibility index (Phi) is 2.29. The number of amides is 1. The fourth-order valence-corrected chi connectivity index (χ4v) is 5.97. The van der Waals surface area contributed by atoms with E-state index in [0.717, 1.165) is 6.42 Å². The quantitative estimate of drug-likeness (QED) is 0.661. The first kappa shape index (κ1) is 8.75. The van der Waals surface area contributed by atoms with Crippen molar-refractivity contribution in [3.8, 4) is 0 Å². The minimum absolute atomic E-state index is 0.0810. The molecule has 1 heterocycles. The number of nitrogens with two attached hydrogens (primary N) is 1. The summed E-state index contributed by atoms with van der Waals surface area (Å²) in [5.74, 6) is 1.26. The summed E-state index contributed by atoms with van der Waals surface area (Å²) < 4.78 is 0.233. The minimum Gasteiger partial charge on any atom is -0.369 e. The Hall–Kier alpha value is 0.170. The predicted octanol–water partition coefficient (Wildman–Crippen LogP) is 1.80. The highest BCUT2D eigenvalue weighted by atomic mass is 33.1. The zero-order valence-corrected chi connectivity index (χ0v) is 8.55. The van der Waals surface area contributed by atoms with Crippen LogP contribution in [0.15, 0.2) is 0 Å². The zero-order valence-electron chi connectivity index (χ0n) is 6.91. The molecule has 0 aromatic carbocycles. The number of rotatable bonds is 1. The third kappa shape index (κ3) is 1.25. The van der Waals surface area contributed by atoms with Crippen molar-refractivity contribution >= 4 is 27.5 Å². The van der Waals surface area contributed by atoms with Crippen LogP contribution in [0.2, 0.25) is 0 Å². The summed E-state index contributed by atoms with van der Waals surface area (Å²) in [5, 5.41) is 0. The van der Waals surface area contributed by atoms with Crippen molar-refractivity contribution in [2.75, 3.05) is 5.75 Å². The molecule has 1 saturated carbocycles. The van der Waals surface area contributed by atoms with E-state index in [9.17, 15) is 4.79 Å². The highest BCUT2D eigenvalue weighted by Crippen LogP contribution is 2.57. The Balaban J connectivity index is 2.17. The van der Waals surface area contributed by atoms with Crippen molar-refractivity contribution in [3.05, 3.63) is 0 Å². The van der Waals surface area contributed by atoms with Crippen LogP contribution in [0, 0.1) is 5.92 Å². The third-order valence-electron chi connectivity index (χ3n) is 2.90. The smallest absolute Gasteiger partial charge is 0.221 e. The van der Waals surface area contributed by atoms with E-state index in [4.69, 9.17) is 5.73 Å². The van der Waals surface area contributed by atoms with Gasteiger partial charge in [-0.3, -0.25) is 4.79 Å². The van der Waals surface area contributed by atoms with Gasteiger partial charge in [0.2, 0.25) is 5.91 Å². The first-order valence-corrected chi connectivity index (χ1v) is 6.66. The van der Waals surface area contributed by atoms with Crippen LogP contribution in [0.5, 0.6) is 0 Å². The van der Waals surface area contributed by atoms with Crippen molar-refractivity contribution < 1.29 is 4.79 Å². The van der Waals surface area contributed by atoms with Crippen LogP contribution in [-0.2, 0) is 4.79 Å². The molecular formula is C8H13NOS2. The molecule has 1 spiro atoms. The molecule has 2 nitrogen and oxygen atoms in total. The summed E-state index contributed by atoms with van der Waals surface area (Å²) in [5.41, 5.74) is 5.39. The van der Waals surface area contributed by atoms with Gasteiger partial charge in [0, 0.05) is 10.5 Å². The number of hydrogen-bond acceptors (Lipinski definition) is 3. The lowest BCUT2D eigenvalue weighted by Gasteiger charge is -2.26. The molecule has 0 bridgehead atoms. The molecule has 2 rings (SSSR count). The van der Waals surface area contributed by atoms with Gasteiger partial charge < -0.3 is 5.73 Å². The van der Waals surface area contributed by atoms with E-state index in [1.54, 1.807) is 0 Å². The SMILES string of the molecule is NC(=O)C1CCCC12CCSS2. The summed E-state index contributed by atoms with van der Waals surface area (Å²) in [6, 6.07) is 0. The second-order valence-electron chi connectivity index (χ2n) is 3.57. The average Bonchev–Trinajstić information content (AvgIpc) is 2.61. The van der Waals surface area contributed by atoms with Gasteiger partial charge in [-0.25, -0.2) is 0 Å². The van der Waals surface area contributed by atoms with E-state index in [-0.39, 0.29) is 16.6 Å². The number of carbonyl (C=O) groups is 1. The maximum atomic E-state index is 11.2. The summed E-state index contributed by atoms with van der Waals surface area (Å²) in [6.45, 7) is 0. The first-order chi connectivity index (χ1) is 5.75. The van der Waals surface area contributed by atoms with Gasteiger partial charge in [0.1, 0.15) is 0 Å². The number of primary amides is 1. The van der Waals surface area contributed by atoms with Crippen LogP contribution in [0.3, 0.4) is 0 Å². The fourth-order valence-electron chi connectivity index (χ4n) is 2.26. The molecule has 0 radical (unpaired) electrons. The van der Waals surface area contributed by atoms with E-state index in [0.29, 0.717) is 0 Å². The molecule has 0 aromatic heterocycles. The van der Waals surface area contributed by atoms with Crippen molar-refractivity contribution in [1.82, 2.24) is 0 Å². The van der Waals surface area contributed by atoms with Crippen LogP contribution < -0.4 is 5.73 Å². The van der Waals surface area contributed by atoms with Crippen molar-refractivity contribution in [1.29, 1.82) is 0 Å². The van der Waals surface area contributed by atoms with Gasteiger partial charge in [0.25, 0.3) is 0 Å². The van der Waals surface area contributed by atoms with Crippen LogP contribution in [0.4, 0.5) is 0 Å². The molecule has 2 unspecified atom stereocenters.